The summed E-state index contributed by atoms with van der Waals surface area (Å²) in [6.07, 6.45) is 0.0845. The van der Waals surface area contributed by atoms with Gasteiger partial charge in [0, 0.05) is 0 Å². The summed E-state index contributed by atoms with van der Waals surface area (Å²) < 4.78 is 0. The molecule has 0 aromatic rings. The summed E-state index contributed by atoms with van der Waals surface area (Å²) in [6.45, 7) is 0. The van der Waals surface area contributed by atoms with Crippen molar-refractivity contribution in [2.75, 3.05) is 0 Å². The van der Waals surface area contributed by atoms with E-state index in [-0.39, 0.29) is 0 Å². The Morgan fingerprint density at radius 2 is 1.50 bits per heavy atom. The van der Waals surface area contributed by atoms with Crippen LogP contribution in [0.4, 0.5) is 0 Å². The van der Waals surface area contributed by atoms with Crippen molar-refractivity contribution in [3.8, 4) is 0 Å². The molecule has 0 aliphatic heterocycles. The van der Waals surface area contributed by atoms with E-state index < -0.39 is 36.4 Å². The molecular formula is C9H18N2O6Se. The van der Waals surface area contributed by atoms with E-state index in [0.717, 1.165) is 5.32 Å². The van der Waals surface area contributed by atoms with Crippen LogP contribution in [0.15, 0.2) is 0 Å². The molecule has 0 radical (unpaired) electrons. The van der Waals surface area contributed by atoms with Crippen LogP contribution in [0.2, 0.25) is 11.1 Å². The summed E-state index contributed by atoms with van der Waals surface area (Å²) in [7, 11) is 0. The molecule has 106 valence electrons. The zero-order valence-corrected chi connectivity index (χ0v) is 11.6. The second kappa shape index (κ2) is 11.0. The third kappa shape index (κ3) is 12.9. The van der Waals surface area contributed by atoms with Crippen LogP contribution < -0.4 is 11.5 Å². The number of aliphatic carboxylic acids is 3. The Balaban J connectivity index is 0. The summed E-state index contributed by atoms with van der Waals surface area (Å²) >= 11 is 0.549. The molecule has 0 bridgehead atoms. The van der Waals surface area contributed by atoms with Crippen LogP contribution in [0, 0.1) is 0 Å². The first kappa shape index (κ1) is 19.2. The van der Waals surface area contributed by atoms with Crippen LogP contribution in [-0.2, 0) is 14.4 Å². The molecule has 0 aromatic heterocycles. The Kier molecular flexibility index (Phi) is 11.7. The van der Waals surface area contributed by atoms with E-state index in [1.54, 1.807) is 0 Å². The third-order valence-electron chi connectivity index (χ3n) is 1.66. The number of hydrogen-bond acceptors (Lipinski definition) is 5. The second-order valence-corrected chi connectivity index (χ2v) is 5.34. The van der Waals surface area contributed by atoms with Crippen LogP contribution in [0.3, 0.4) is 0 Å². The molecule has 8 nitrogen and oxygen atoms in total. The Labute approximate surface area is 110 Å². The number of hydrogen-bond donors (Lipinski definition) is 5. The van der Waals surface area contributed by atoms with Crippen molar-refractivity contribution < 1.29 is 29.7 Å². The number of nitrogens with two attached hydrogens (primary N) is 2. The molecule has 9 heteroatoms. The minimum atomic E-state index is -1.29. The number of rotatable bonds is 7. The van der Waals surface area contributed by atoms with Crippen LogP contribution >= 0.6 is 0 Å². The first-order valence-corrected chi connectivity index (χ1v) is 7.82. The normalized spacial score (nSPS) is 12.8. The first-order chi connectivity index (χ1) is 8.22. The summed E-state index contributed by atoms with van der Waals surface area (Å²) in [5.41, 5.74) is 10.1. The smallest absolute Gasteiger partial charge is 0.321 e. The Hall–Kier alpha value is -1.15. The van der Waals surface area contributed by atoms with Gasteiger partial charge in [-0.15, -0.1) is 0 Å². The van der Waals surface area contributed by atoms with Crippen molar-refractivity contribution in [1.82, 2.24) is 0 Å². The van der Waals surface area contributed by atoms with Gasteiger partial charge in [-0.1, -0.05) is 0 Å². The average molecular weight is 329 g/mol. The summed E-state index contributed by atoms with van der Waals surface area (Å²) in [4.78, 5) is 29.7. The summed E-state index contributed by atoms with van der Waals surface area (Å²) in [6, 6.07) is -1.94. The van der Waals surface area contributed by atoms with Crippen LogP contribution in [0.5, 0.6) is 0 Å². The van der Waals surface area contributed by atoms with Gasteiger partial charge in [-0.3, -0.25) is 9.59 Å². The molecule has 0 heterocycles. The first-order valence-electron chi connectivity index (χ1n) is 4.89. The molecule has 0 saturated heterocycles. The fourth-order valence-electron chi connectivity index (χ4n) is 0.644. The fourth-order valence-corrected chi connectivity index (χ4v) is 1.67. The molecule has 0 aromatic carbocycles. The van der Waals surface area contributed by atoms with Gasteiger partial charge < -0.3 is 15.9 Å². The minimum absolute atomic E-state index is 0.532. The third-order valence-corrected chi connectivity index (χ3v) is 3.01. The summed E-state index contributed by atoms with van der Waals surface area (Å²) in [5, 5.41) is 25.3. The summed E-state index contributed by atoms with van der Waals surface area (Å²) in [5.74, 6) is -1.32. The molecule has 0 unspecified atom stereocenters. The van der Waals surface area contributed by atoms with E-state index in [0.29, 0.717) is 21.4 Å². The Morgan fingerprint density at radius 1 is 1.06 bits per heavy atom. The zero-order chi connectivity index (χ0) is 14.7. The van der Waals surface area contributed by atoms with E-state index in [2.05, 4.69) is 5.82 Å². The van der Waals surface area contributed by atoms with Gasteiger partial charge in [-0.05, 0) is 0 Å². The molecule has 0 saturated carbocycles. The van der Waals surface area contributed by atoms with Gasteiger partial charge in [-0.25, -0.2) is 0 Å². The van der Waals surface area contributed by atoms with E-state index in [9.17, 15) is 14.4 Å². The van der Waals surface area contributed by atoms with Crippen molar-refractivity contribution in [2.24, 2.45) is 11.5 Å². The predicted octanol–water partition coefficient (Wildman–Crippen LogP) is -1.17. The van der Waals surface area contributed by atoms with Crippen LogP contribution in [-0.4, -0.2) is 60.3 Å². The molecule has 0 amide bonds. The molecule has 2 atom stereocenters. The maximum Gasteiger partial charge on any atom is 0.321 e. The predicted molar refractivity (Wildman–Crippen MR) is 64.5 cm³/mol. The molecule has 0 fully saturated rings. The van der Waals surface area contributed by atoms with Crippen molar-refractivity contribution >= 4 is 32.9 Å². The molecular weight excluding hydrogens is 311 g/mol. The maximum absolute atomic E-state index is 10.1. The van der Waals surface area contributed by atoms with Crippen LogP contribution in [0.1, 0.15) is 12.8 Å². The van der Waals surface area contributed by atoms with Gasteiger partial charge in [-0.2, -0.15) is 0 Å². The van der Waals surface area contributed by atoms with Crippen LogP contribution in [0.25, 0.3) is 0 Å². The van der Waals surface area contributed by atoms with E-state index in [4.69, 9.17) is 26.8 Å². The number of carbonyl (C=O) groups is 3. The van der Waals surface area contributed by atoms with Gasteiger partial charge >= 0.3 is 72.1 Å². The topological polar surface area (TPSA) is 164 Å². The Morgan fingerprint density at radius 3 is 1.72 bits per heavy atom. The number of carboxylic acid groups (broad SMARTS) is 3. The van der Waals surface area contributed by atoms with E-state index in [1.165, 1.54) is 0 Å². The van der Waals surface area contributed by atoms with Gasteiger partial charge in [0.2, 0.25) is 0 Å². The standard InChI is InChI=1S/C5H11NO2Se.C4H7NO4/c1-9-3-2-4(6)5(7)8;5-2(4(8)9)1-3(6)7/h4H,2-3,6H2,1H3,(H,7,8);2H,1,5H2,(H,6,7)(H,8,9)/t4-;2-/m00/s1. The van der Waals surface area contributed by atoms with Crippen molar-refractivity contribution in [2.45, 2.75) is 36.1 Å². The van der Waals surface area contributed by atoms with Gasteiger partial charge in [0.1, 0.15) is 6.04 Å². The second-order valence-electron chi connectivity index (χ2n) is 3.27. The molecule has 0 rings (SSSR count). The maximum atomic E-state index is 10.1. The molecule has 18 heavy (non-hydrogen) atoms. The fraction of sp³-hybridized carbons (Fsp3) is 0.667. The average Bonchev–Trinajstić information content (AvgIpc) is 2.25. The van der Waals surface area contributed by atoms with Crippen molar-refractivity contribution in [3.05, 3.63) is 0 Å². The van der Waals surface area contributed by atoms with Gasteiger partial charge in [0.25, 0.3) is 0 Å². The minimum Gasteiger partial charge on any atom is -0.481 e. The molecule has 0 aliphatic rings. The largest absolute Gasteiger partial charge is 0.481 e. The van der Waals surface area contributed by atoms with Gasteiger partial charge in [0.15, 0.2) is 0 Å². The molecule has 0 aliphatic carbocycles. The number of carboxylic acids is 3. The van der Waals surface area contributed by atoms with E-state index >= 15 is 0 Å². The zero-order valence-electron chi connectivity index (χ0n) is 9.91. The van der Waals surface area contributed by atoms with Crippen molar-refractivity contribution in [1.29, 1.82) is 0 Å². The molecule has 0 spiro atoms. The Bertz CT molecular complexity index is 286. The SMILES string of the molecule is C[Se]CC[C@H](N)C(=O)O.N[C@@H](CC(=O)O)C(=O)O. The van der Waals surface area contributed by atoms with Gasteiger partial charge in [0.05, 0.1) is 6.42 Å². The molecule has 7 N–H and O–H groups in total. The van der Waals surface area contributed by atoms with Crippen molar-refractivity contribution in [3.63, 3.8) is 0 Å². The quantitative estimate of drug-likeness (QED) is 0.365. The van der Waals surface area contributed by atoms with E-state index in [1.807, 2.05) is 0 Å². The monoisotopic (exact) mass is 330 g/mol.